The predicted octanol–water partition coefficient (Wildman–Crippen LogP) is 4.15. The number of hydrogen-bond acceptors (Lipinski definition) is 7. The molecule has 4 rings (SSSR count). The van der Waals surface area contributed by atoms with Gasteiger partial charge in [-0.25, -0.2) is 4.98 Å². The van der Waals surface area contributed by atoms with E-state index in [1.54, 1.807) is 0 Å². The lowest BCUT2D eigenvalue weighted by Gasteiger charge is -2.35. The topological polar surface area (TPSA) is 60.4 Å². The maximum atomic E-state index is 6.09. The summed E-state index contributed by atoms with van der Waals surface area (Å²) in [6.45, 7) is 12.2. The lowest BCUT2D eigenvalue weighted by Crippen LogP contribution is -2.47. The van der Waals surface area contributed by atoms with Gasteiger partial charge in [0, 0.05) is 74.3 Å². The Bertz CT molecular complexity index is 1020. The molecule has 0 amide bonds. The molecule has 0 saturated carbocycles. The third kappa shape index (κ3) is 5.40. The number of rotatable bonds is 9. The minimum atomic E-state index is 0.715. The van der Waals surface area contributed by atoms with Crippen molar-refractivity contribution in [1.82, 2.24) is 19.9 Å². The van der Waals surface area contributed by atoms with E-state index < -0.39 is 0 Å². The Balaban J connectivity index is 1.24. The molecule has 1 saturated heterocycles. The lowest BCUT2D eigenvalue weighted by molar-refractivity contribution is 0.256. The summed E-state index contributed by atoms with van der Waals surface area (Å²) in [6.07, 6.45) is 4.81. The molecule has 170 valence electrons. The molecule has 1 fully saturated rings. The van der Waals surface area contributed by atoms with Gasteiger partial charge in [-0.1, -0.05) is 11.6 Å². The number of nitrogens with zero attached hydrogens (tertiary/aromatic N) is 6. The van der Waals surface area contributed by atoms with Crippen LogP contribution in [0.4, 0.5) is 17.5 Å². The second-order valence-electron chi connectivity index (χ2n) is 8.02. The highest BCUT2D eigenvalue weighted by atomic mass is 35.5. The number of anilines is 3. The Morgan fingerprint density at radius 2 is 1.78 bits per heavy atom. The number of halogens is 1. The van der Waals surface area contributed by atoms with E-state index in [0.717, 1.165) is 87.1 Å². The fourth-order valence-electron chi connectivity index (χ4n) is 4.18. The zero-order valence-electron chi connectivity index (χ0n) is 19.0. The SMILES string of the molecule is CCN(CC)c1nccc(N2CCN(CCCNc3ccnc4cc(Cl)ccc34)CC2)n1. The smallest absolute Gasteiger partial charge is 0.227 e. The molecule has 0 unspecified atom stereocenters. The third-order valence-corrected chi connectivity index (χ3v) is 6.28. The van der Waals surface area contributed by atoms with E-state index in [0.29, 0.717) is 5.02 Å². The van der Waals surface area contributed by atoms with Crippen LogP contribution in [0, 0.1) is 0 Å². The van der Waals surface area contributed by atoms with Crippen LogP contribution in [0.25, 0.3) is 10.9 Å². The van der Waals surface area contributed by atoms with Crippen LogP contribution in [0.5, 0.6) is 0 Å². The summed E-state index contributed by atoms with van der Waals surface area (Å²) in [5.41, 5.74) is 2.04. The molecule has 1 N–H and O–H groups in total. The fourth-order valence-corrected chi connectivity index (χ4v) is 4.34. The van der Waals surface area contributed by atoms with Gasteiger partial charge in [0.05, 0.1) is 5.52 Å². The lowest BCUT2D eigenvalue weighted by atomic mass is 10.2. The van der Waals surface area contributed by atoms with Crippen molar-refractivity contribution in [3.05, 3.63) is 47.7 Å². The monoisotopic (exact) mass is 453 g/mol. The van der Waals surface area contributed by atoms with Crippen LogP contribution in [0.1, 0.15) is 20.3 Å². The van der Waals surface area contributed by atoms with Crippen molar-refractivity contribution in [2.75, 3.05) is 67.5 Å². The molecule has 3 aromatic rings. The molecule has 0 radical (unpaired) electrons. The molecule has 2 aromatic heterocycles. The Morgan fingerprint density at radius 3 is 2.56 bits per heavy atom. The van der Waals surface area contributed by atoms with Gasteiger partial charge in [-0.15, -0.1) is 0 Å². The Hall–Kier alpha value is -2.64. The van der Waals surface area contributed by atoms with E-state index in [1.165, 1.54) is 0 Å². The van der Waals surface area contributed by atoms with Crippen molar-refractivity contribution >= 4 is 40.0 Å². The normalized spacial score (nSPS) is 14.7. The summed E-state index contributed by atoms with van der Waals surface area (Å²) in [5, 5.41) is 5.39. The molecule has 32 heavy (non-hydrogen) atoms. The molecule has 1 aliphatic heterocycles. The molecular weight excluding hydrogens is 422 g/mol. The van der Waals surface area contributed by atoms with Crippen molar-refractivity contribution < 1.29 is 0 Å². The Labute approximate surface area is 195 Å². The summed E-state index contributed by atoms with van der Waals surface area (Å²) in [6, 6.07) is 9.91. The molecule has 1 aromatic carbocycles. The maximum Gasteiger partial charge on any atom is 0.227 e. The molecule has 0 atom stereocenters. The van der Waals surface area contributed by atoms with E-state index in [4.69, 9.17) is 16.6 Å². The van der Waals surface area contributed by atoms with Crippen molar-refractivity contribution in [3.63, 3.8) is 0 Å². The van der Waals surface area contributed by atoms with Gasteiger partial charge in [0.15, 0.2) is 0 Å². The van der Waals surface area contributed by atoms with Crippen molar-refractivity contribution in [2.45, 2.75) is 20.3 Å². The molecule has 0 bridgehead atoms. The van der Waals surface area contributed by atoms with Gasteiger partial charge in [-0.05, 0) is 57.1 Å². The van der Waals surface area contributed by atoms with Crippen LogP contribution in [0.2, 0.25) is 5.02 Å². The number of fused-ring (bicyclic) bond motifs is 1. The van der Waals surface area contributed by atoms with Gasteiger partial charge in [-0.3, -0.25) is 9.88 Å². The molecule has 0 aliphatic carbocycles. The summed E-state index contributed by atoms with van der Waals surface area (Å²) in [5.74, 6) is 1.86. The molecular formula is C24H32ClN7. The molecule has 8 heteroatoms. The minimum absolute atomic E-state index is 0.715. The summed E-state index contributed by atoms with van der Waals surface area (Å²) < 4.78 is 0. The summed E-state index contributed by atoms with van der Waals surface area (Å²) in [4.78, 5) is 20.8. The van der Waals surface area contributed by atoms with Crippen molar-refractivity contribution in [3.8, 4) is 0 Å². The van der Waals surface area contributed by atoms with E-state index in [-0.39, 0.29) is 0 Å². The van der Waals surface area contributed by atoms with E-state index in [9.17, 15) is 0 Å². The number of nitrogens with one attached hydrogen (secondary N) is 1. The van der Waals surface area contributed by atoms with Crippen LogP contribution in [0.15, 0.2) is 42.7 Å². The van der Waals surface area contributed by atoms with Crippen LogP contribution in [0.3, 0.4) is 0 Å². The zero-order chi connectivity index (χ0) is 22.3. The van der Waals surface area contributed by atoms with Crippen molar-refractivity contribution in [1.29, 1.82) is 0 Å². The number of benzene rings is 1. The average molecular weight is 454 g/mol. The summed E-state index contributed by atoms with van der Waals surface area (Å²) in [7, 11) is 0. The number of aromatic nitrogens is 3. The van der Waals surface area contributed by atoms with E-state index in [2.05, 4.69) is 43.8 Å². The number of piperazine rings is 1. The first kappa shape index (κ1) is 22.6. The van der Waals surface area contributed by atoms with Gasteiger partial charge in [0.2, 0.25) is 5.95 Å². The Kier molecular flexibility index (Phi) is 7.60. The highest BCUT2D eigenvalue weighted by molar-refractivity contribution is 6.31. The highest BCUT2D eigenvalue weighted by Gasteiger charge is 2.18. The standard InChI is InChI=1S/C24H32ClN7/c1-3-31(4-2)24-28-12-9-23(29-24)32-16-14-30(15-17-32)13-5-10-26-21-8-11-27-22-18-19(25)6-7-20(21)22/h6-9,11-12,18H,3-5,10,13-17H2,1-2H3,(H,26,27). The molecule has 7 nitrogen and oxygen atoms in total. The van der Waals surface area contributed by atoms with Crippen LogP contribution in [-0.2, 0) is 0 Å². The molecule has 3 heterocycles. The van der Waals surface area contributed by atoms with Crippen LogP contribution >= 0.6 is 11.6 Å². The molecule has 0 spiro atoms. The maximum absolute atomic E-state index is 6.09. The fraction of sp³-hybridized carbons (Fsp3) is 0.458. The highest BCUT2D eigenvalue weighted by Crippen LogP contribution is 2.24. The second-order valence-corrected chi connectivity index (χ2v) is 8.45. The first-order valence-corrected chi connectivity index (χ1v) is 11.9. The van der Waals surface area contributed by atoms with Gasteiger partial charge >= 0.3 is 0 Å². The first-order chi connectivity index (χ1) is 15.7. The van der Waals surface area contributed by atoms with Gasteiger partial charge in [-0.2, -0.15) is 4.98 Å². The van der Waals surface area contributed by atoms with Gasteiger partial charge in [0.1, 0.15) is 5.82 Å². The average Bonchev–Trinajstić information content (AvgIpc) is 2.83. The number of hydrogen-bond donors (Lipinski definition) is 1. The van der Waals surface area contributed by atoms with Crippen LogP contribution < -0.4 is 15.1 Å². The first-order valence-electron chi connectivity index (χ1n) is 11.5. The molecule has 1 aliphatic rings. The Morgan fingerprint density at radius 1 is 1.00 bits per heavy atom. The second kappa shape index (κ2) is 10.8. The van der Waals surface area contributed by atoms with Gasteiger partial charge < -0.3 is 15.1 Å². The van der Waals surface area contributed by atoms with Crippen LogP contribution in [-0.4, -0.2) is 72.2 Å². The number of pyridine rings is 1. The largest absolute Gasteiger partial charge is 0.384 e. The quantitative estimate of drug-likeness (QED) is 0.488. The third-order valence-electron chi connectivity index (χ3n) is 6.04. The van der Waals surface area contributed by atoms with Crippen molar-refractivity contribution in [2.24, 2.45) is 0 Å². The van der Waals surface area contributed by atoms with E-state index >= 15 is 0 Å². The van der Waals surface area contributed by atoms with Gasteiger partial charge in [0.25, 0.3) is 0 Å². The van der Waals surface area contributed by atoms with E-state index in [1.807, 2.05) is 42.7 Å². The summed E-state index contributed by atoms with van der Waals surface area (Å²) >= 11 is 6.09. The zero-order valence-corrected chi connectivity index (χ0v) is 19.7. The predicted molar refractivity (Wildman–Crippen MR) is 134 cm³/mol. The minimum Gasteiger partial charge on any atom is -0.384 e.